The largest absolute Gasteiger partial charge is 0.302 e. The van der Waals surface area contributed by atoms with Gasteiger partial charge in [-0.25, -0.2) is 0 Å². The van der Waals surface area contributed by atoms with E-state index in [9.17, 15) is 0 Å². The van der Waals surface area contributed by atoms with Crippen LogP contribution in [0.4, 0.5) is 0 Å². The first kappa shape index (κ1) is 14.5. The molecule has 0 amide bonds. The van der Waals surface area contributed by atoms with Crippen molar-refractivity contribution < 1.29 is 0 Å². The van der Waals surface area contributed by atoms with E-state index in [2.05, 4.69) is 41.9 Å². The fourth-order valence-corrected chi connectivity index (χ4v) is 4.83. The lowest BCUT2D eigenvalue weighted by molar-refractivity contribution is 0.425. The van der Waals surface area contributed by atoms with Gasteiger partial charge in [0.2, 0.25) is 0 Å². The minimum Gasteiger partial charge on any atom is -0.302 e. The van der Waals surface area contributed by atoms with Crippen LogP contribution in [0.25, 0.3) is 0 Å². The summed E-state index contributed by atoms with van der Waals surface area (Å²) >= 11 is 9.95. The van der Waals surface area contributed by atoms with Crippen LogP contribution in [0.5, 0.6) is 0 Å². The molecular formula is C16H18ClNS2. The molecule has 0 bridgehead atoms. The monoisotopic (exact) mass is 323 g/mol. The maximum Gasteiger partial charge on any atom is 0.0417 e. The first-order valence-electron chi connectivity index (χ1n) is 6.99. The van der Waals surface area contributed by atoms with Crippen LogP contribution in [0.3, 0.4) is 0 Å². The zero-order valence-electron chi connectivity index (χ0n) is 11.4. The number of benzene rings is 1. The summed E-state index contributed by atoms with van der Waals surface area (Å²) in [5.41, 5.74) is 1.36. The predicted molar refractivity (Wildman–Crippen MR) is 90.0 cm³/mol. The van der Waals surface area contributed by atoms with E-state index in [1.807, 2.05) is 29.2 Å². The number of nitrogens with one attached hydrogen (secondary N) is 1. The van der Waals surface area contributed by atoms with Gasteiger partial charge in [-0.05, 0) is 53.8 Å². The molecule has 1 aliphatic rings. The lowest BCUT2D eigenvalue weighted by atomic mass is 10.0. The van der Waals surface area contributed by atoms with Gasteiger partial charge in [0.15, 0.2) is 0 Å². The third-order valence-corrected chi connectivity index (χ3v) is 6.05. The fourth-order valence-electron chi connectivity index (χ4n) is 2.67. The molecule has 0 fully saturated rings. The molecule has 2 atom stereocenters. The van der Waals surface area contributed by atoms with Crippen molar-refractivity contribution in [3.63, 3.8) is 0 Å². The third-order valence-electron chi connectivity index (χ3n) is 3.71. The van der Waals surface area contributed by atoms with Gasteiger partial charge in [-0.15, -0.1) is 23.1 Å². The predicted octanol–water partition coefficient (Wildman–Crippen LogP) is 5.68. The molecule has 0 radical (unpaired) electrons. The molecule has 2 heterocycles. The van der Waals surface area contributed by atoms with E-state index < -0.39 is 0 Å². The van der Waals surface area contributed by atoms with Gasteiger partial charge in [0.1, 0.15) is 0 Å². The van der Waals surface area contributed by atoms with E-state index in [0.29, 0.717) is 12.1 Å². The van der Waals surface area contributed by atoms with Crippen molar-refractivity contribution in [2.45, 2.75) is 36.7 Å². The Kier molecular flexibility index (Phi) is 4.72. The number of halogens is 1. The minimum atomic E-state index is 0.414. The Balaban J connectivity index is 1.83. The second-order valence-electron chi connectivity index (χ2n) is 5.01. The van der Waals surface area contributed by atoms with Crippen LogP contribution >= 0.6 is 34.7 Å². The Bertz CT molecular complexity index is 568. The van der Waals surface area contributed by atoms with Gasteiger partial charge in [0, 0.05) is 26.9 Å². The van der Waals surface area contributed by atoms with Crippen molar-refractivity contribution in [2.75, 3.05) is 5.75 Å². The van der Waals surface area contributed by atoms with Crippen LogP contribution in [0, 0.1) is 0 Å². The summed E-state index contributed by atoms with van der Waals surface area (Å²) in [6.45, 7) is 2.24. The molecule has 0 saturated heterocycles. The van der Waals surface area contributed by atoms with Crippen LogP contribution in [-0.2, 0) is 0 Å². The number of thiophene rings is 1. The highest BCUT2D eigenvalue weighted by atomic mass is 35.5. The van der Waals surface area contributed by atoms with E-state index in [-0.39, 0.29) is 0 Å². The molecule has 2 unspecified atom stereocenters. The summed E-state index contributed by atoms with van der Waals surface area (Å²) < 4.78 is 0. The smallest absolute Gasteiger partial charge is 0.0417 e. The van der Waals surface area contributed by atoms with E-state index in [1.54, 1.807) is 0 Å². The van der Waals surface area contributed by atoms with Crippen LogP contribution in [-0.4, -0.2) is 5.75 Å². The summed E-state index contributed by atoms with van der Waals surface area (Å²) in [7, 11) is 0. The standard InChI is InChI=1S/C16H18ClNS2/c1-2-13(16-4-3-8-19-16)18-14-7-9-20-15-6-5-11(17)10-12(14)15/h3-6,8,10,13-14,18H,2,7,9H2,1H3. The van der Waals surface area contributed by atoms with Gasteiger partial charge in [0.05, 0.1) is 0 Å². The summed E-state index contributed by atoms with van der Waals surface area (Å²) in [6, 6.07) is 11.5. The lowest BCUT2D eigenvalue weighted by Crippen LogP contribution is -2.28. The number of thioether (sulfide) groups is 1. The molecule has 0 spiro atoms. The first-order valence-corrected chi connectivity index (χ1v) is 9.24. The molecule has 1 nitrogen and oxygen atoms in total. The van der Waals surface area contributed by atoms with Gasteiger partial charge in [-0.1, -0.05) is 24.6 Å². The maximum atomic E-state index is 6.18. The van der Waals surface area contributed by atoms with Crippen LogP contribution in [0.2, 0.25) is 5.02 Å². The van der Waals surface area contributed by atoms with E-state index in [0.717, 1.165) is 11.4 Å². The maximum absolute atomic E-state index is 6.18. The second kappa shape index (κ2) is 6.52. The summed E-state index contributed by atoms with van der Waals surface area (Å²) in [5, 5.41) is 6.82. The Hall–Kier alpha value is -0.480. The Morgan fingerprint density at radius 2 is 2.30 bits per heavy atom. The molecule has 2 aromatic rings. The Morgan fingerprint density at radius 3 is 3.05 bits per heavy atom. The van der Waals surface area contributed by atoms with Gasteiger partial charge < -0.3 is 5.32 Å². The Labute approximate surface area is 133 Å². The molecule has 20 heavy (non-hydrogen) atoms. The van der Waals surface area contributed by atoms with Gasteiger partial charge in [0.25, 0.3) is 0 Å². The number of hydrogen-bond acceptors (Lipinski definition) is 3. The van der Waals surface area contributed by atoms with Gasteiger partial charge >= 0.3 is 0 Å². The van der Waals surface area contributed by atoms with Crippen molar-refractivity contribution in [1.82, 2.24) is 5.32 Å². The van der Waals surface area contributed by atoms with Crippen LogP contribution in [0.15, 0.2) is 40.6 Å². The highest BCUT2D eigenvalue weighted by Crippen LogP contribution is 2.39. The van der Waals surface area contributed by atoms with Crippen molar-refractivity contribution in [1.29, 1.82) is 0 Å². The third kappa shape index (κ3) is 3.06. The highest BCUT2D eigenvalue weighted by molar-refractivity contribution is 7.99. The summed E-state index contributed by atoms with van der Waals surface area (Å²) in [4.78, 5) is 2.80. The molecule has 1 aromatic carbocycles. The Morgan fingerprint density at radius 1 is 1.40 bits per heavy atom. The molecular weight excluding hydrogens is 306 g/mol. The van der Waals surface area contributed by atoms with Crippen LogP contribution in [0.1, 0.15) is 42.3 Å². The van der Waals surface area contributed by atoms with Crippen molar-refractivity contribution in [3.8, 4) is 0 Å². The molecule has 0 aliphatic carbocycles. The zero-order chi connectivity index (χ0) is 13.9. The quantitative estimate of drug-likeness (QED) is 0.777. The molecule has 0 saturated carbocycles. The van der Waals surface area contributed by atoms with Crippen molar-refractivity contribution >= 4 is 34.7 Å². The molecule has 3 rings (SSSR count). The SMILES string of the molecule is CCC(NC1CCSc2ccc(Cl)cc21)c1cccs1. The topological polar surface area (TPSA) is 12.0 Å². The van der Waals surface area contributed by atoms with Gasteiger partial charge in [-0.3, -0.25) is 0 Å². The van der Waals surface area contributed by atoms with Crippen molar-refractivity contribution in [3.05, 3.63) is 51.2 Å². The average Bonchev–Trinajstić information content (AvgIpc) is 2.99. The van der Waals surface area contributed by atoms with Crippen LogP contribution < -0.4 is 5.32 Å². The molecule has 1 N–H and O–H groups in total. The molecule has 4 heteroatoms. The average molecular weight is 324 g/mol. The molecule has 1 aromatic heterocycles. The highest BCUT2D eigenvalue weighted by Gasteiger charge is 2.23. The minimum absolute atomic E-state index is 0.414. The summed E-state index contributed by atoms with van der Waals surface area (Å²) in [5.74, 6) is 1.17. The van der Waals surface area contributed by atoms with E-state index in [1.165, 1.54) is 27.5 Å². The van der Waals surface area contributed by atoms with Crippen molar-refractivity contribution in [2.24, 2.45) is 0 Å². The lowest BCUT2D eigenvalue weighted by Gasteiger charge is -2.29. The van der Waals surface area contributed by atoms with E-state index in [4.69, 9.17) is 11.6 Å². The number of fused-ring (bicyclic) bond motifs is 1. The summed E-state index contributed by atoms with van der Waals surface area (Å²) in [6.07, 6.45) is 2.28. The van der Waals surface area contributed by atoms with E-state index >= 15 is 0 Å². The first-order chi connectivity index (χ1) is 9.78. The fraction of sp³-hybridized carbons (Fsp3) is 0.375. The second-order valence-corrected chi connectivity index (χ2v) is 7.57. The number of hydrogen-bond donors (Lipinski definition) is 1. The van der Waals surface area contributed by atoms with Gasteiger partial charge in [-0.2, -0.15) is 0 Å². The molecule has 106 valence electrons. The normalized spacial score (nSPS) is 19.6. The molecule has 1 aliphatic heterocycles. The number of rotatable bonds is 4. The zero-order valence-corrected chi connectivity index (χ0v) is 13.8.